The summed E-state index contributed by atoms with van der Waals surface area (Å²) in [7, 11) is -4.64. The fourth-order valence-corrected chi connectivity index (χ4v) is 2.33. The molecule has 1 aromatic carbocycles. The summed E-state index contributed by atoms with van der Waals surface area (Å²) in [6.45, 7) is 0. The number of benzene rings is 1. The molecule has 21 heavy (non-hydrogen) atoms. The zero-order valence-corrected chi connectivity index (χ0v) is 10.9. The molecule has 0 aliphatic carbocycles. The molecule has 1 aromatic heterocycles. The molecule has 2 aromatic rings. The first kappa shape index (κ1) is 15.3. The Bertz CT molecular complexity index is 841. The van der Waals surface area contributed by atoms with Crippen LogP contribution in [-0.2, 0) is 15.9 Å². The minimum Gasteiger partial charge on any atom is -0.748 e. The molecule has 0 saturated carbocycles. The van der Waals surface area contributed by atoms with Crippen molar-refractivity contribution in [2.75, 3.05) is 0 Å². The molecular weight excluding hydrogens is 315 g/mol. The van der Waals surface area contributed by atoms with E-state index in [0.29, 0.717) is 0 Å². The summed E-state index contributed by atoms with van der Waals surface area (Å²) in [6, 6.07) is 2.91. The average Bonchev–Trinajstić information content (AvgIpc) is 2.29. The SMILES string of the molecule is O=c1c(CS(=O)(=O)[O-])c[nH]c2cc(OC(F)(F)F)ccc12. The van der Waals surface area contributed by atoms with E-state index in [1.54, 1.807) is 0 Å². The Labute approximate surface area is 115 Å². The maximum Gasteiger partial charge on any atom is 0.573 e. The number of hydrogen-bond acceptors (Lipinski definition) is 5. The topological polar surface area (TPSA) is 99.3 Å². The number of fused-ring (bicyclic) bond motifs is 1. The Balaban J connectivity index is 2.49. The number of H-pyrrole nitrogens is 1. The van der Waals surface area contributed by atoms with Crippen molar-refractivity contribution in [2.24, 2.45) is 0 Å². The van der Waals surface area contributed by atoms with Gasteiger partial charge in [0.05, 0.1) is 21.4 Å². The van der Waals surface area contributed by atoms with Crippen molar-refractivity contribution < 1.29 is 30.9 Å². The first-order chi connectivity index (χ1) is 9.55. The largest absolute Gasteiger partial charge is 0.748 e. The zero-order valence-electron chi connectivity index (χ0n) is 10.1. The average molecular weight is 322 g/mol. The van der Waals surface area contributed by atoms with Gasteiger partial charge in [-0.2, -0.15) is 0 Å². The van der Waals surface area contributed by atoms with Crippen molar-refractivity contribution >= 4 is 21.0 Å². The Morgan fingerprint density at radius 3 is 2.52 bits per heavy atom. The second-order valence-corrected chi connectivity index (χ2v) is 5.50. The summed E-state index contributed by atoms with van der Waals surface area (Å²) in [4.78, 5) is 14.4. The summed E-state index contributed by atoms with van der Waals surface area (Å²) in [5, 5.41) is -0.0503. The summed E-state index contributed by atoms with van der Waals surface area (Å²) >= 11 is 0. The lowest BCUT2D eigenvalue weighted by molar-refractivity contribution is -0.274. The van der Waals surface area contributed by atoms with E-state index in [0.717, 1.165) is 24.4 Å². The van der Waals surface area contributed by atoms with Gasteiger partial charge in [-0.1, -0.05) is 0 Å². The first-order valence-corrected chi connectivity index (χ1v) is 6.96. The second kappa shape index (κ2) is 5.04. The number of aromatic amines is 1. The van der Waals surface area contributed by atoms with Gasteiger partial charge in [-0.3, -0.25) is 4.79 Å². The van der Waals surface area contributed by atoms with Gasteiger partial charge in [-0.05, 0) is 12.1 Å². The van der Waals surface area contributed by atoms with E-state index in [4.69, 9.17) is 0 Å². The van der Waals surface area contributed by atoms with Gasteiger partial charge in [0.25, 0.3) is 0 Å². The fraction of sp³-hybridized carbons (Fsp3) is 0.182. The standard InChI is InChI=1S/C11H8F3NO5S/c12-11(13,14)20-7-1-2-8-9(3-7)15-4-6(10(8)16)5-21(17,18)19/h1-4H,5H2,(H,15,16)(H,17,18,19)/p-1. The highest BCUT2D eigenvalue weighted by Gasteiger charge is 2.31. The monoisotopic (exact) mass is 322 g/mol. The molecule has 1 N–H and O–H groups in total. The molecule has 114 valence electrons. The Kier molecular flexibility index (Phi) is 3.68. The van der Waals surface area contributed by atoms with Crippen LogP contribution in [-0.4, -0.2) is 24.3 Å². The fourth-order valence-electron chi connectivity index (χ4n) is 1.74. The lowest BCUT2D eigenvalue weighted by Gasteiger charge is -2.10. The molecule has 2 rings (SSSR count). The number of rotatable bonds is 3. The van der Waals surface area contributed by atoms with Crippen molar-refractivity contribution in [1.82, 2.24) is 4.98 Å². The van der Waals surface area contributed by atoms with E-state index in [1.165, 1.54) is 0 Å². The summed E-state index contributed by atoms with van der Waals surface area (Å²) in [5.74, 6) is -1.53. The Morgan fingerprint density at radius 2 is 1.95 bits per heavy atom. The van der Waals surface area contributed by atoms with Gasteiger partial charge in [-0.25, -0.2) is 8.42 Å². The highest BCUT2D eigenvalue weighted by Crippen LogP contribution is 2.24. The zero-order chi connectivity index (χ0) is 15.8. The van der Waals surface area contributed by atoms with E-state index in [9.17, 15) is 30.9 Å². The third-order valence-corrected chi connectivity index (χ3v) is 3.16. The number of nitrogens with one attached hydrogen (secondary N) is 1. The molecule has 0 amide bonds. The number of halogens is 3. The first-order valence-electron chi connectivity index (χ1n) is 5.39. The molecule has 0 radical (unpaired) electrons. The van der Waals surface area contributed by atoms with Crippen molar-refractivity contribution in [3.63, 3.8) is 0 Å². The molecule has 10 heteroatoms. The molecule has 0 atom stereocenters. The molecule has 0 spiro atoms. The van der Waals surface area contributed by atoms with Gasteiger partial charge in [0, 0.05) is 23.2 Å². The number of aromatic nitrogens is 1. The third-order valence-electron chi connectivity index (χ3n) is 2.50. The van der Waals surface area contributed by atoms with Crippen LogP contribution < -0.4 is 10.2 Å². The van der Waals surface area contributed by atoms with Gasteiger partial charge in [0.1, 0.15) is 5.75 Å². The number of alkyl halides is 3. The molecule has 0 fully saturated rings. The maximum absolute atomic E-state index is 12.1. The van der Waals surface area contributed by atoms with Crippen LogP contribution in [0, 0.1) is 0 Å². The van der Waals surface area contributed by atoms with Crippen LogP contribution in [0.3, 0.4) is 0 Å². The van der Waals surface area contributed by atoms with Gasteiger partial charge in [-0.15, -0.1) is 13.2 Å². The van der Waals surface area contributed by atoms with E-state index in [2.05, 4.69) is 9.72 Å². The normalized spacial score (nSPS) is 12.6. The molecule has 1 heterocycles. The van der Waals surface area contributed by atoms with Gasteiger partial charge in [0.2, 0.25) is 0 Å². The highest BCUT2D eigenvalue weighted by molar-refractivity contribution is 7.84. The van der Waals surface area contributed by atoms with E-state index in [-0.39, 0.29) is 16.5 Å². The van der Waals surface area contributed by atoms with E-state index < -0.39 is 33.4 Å². The lowest BCUT2D eigenvalue weighted by Crippen LogP contribution is -2.18. The predicted molar refractivity (Wildman–Crippen MR) is 64.7 cm³/mol. The number of pyridine rings is 1. The van der Waals surface area contributed by atoms with Crippen molar-refractivity contribution in [3.8, 4) is 5.75 Å². The Morgan fingerprint density at radius 1 is 1.29 bits per heavy atom. The van der Waals surface area contributed by atoms with Gasteiger partial charge < -0.3 is 14.3 Å². The van der Waals surface area contributed by atoms with Crippen LogP contribution in [0.25, 0.3) is 10.9 Å². The molecule has 0 bridgehead atoms. The minimum atomic E-state index is -4.87. The quantitative estimate of drug-likeness (QED) is 0.863. The van der Waals surface area contributed by atoms with Crippen LogP contribution in [0.2, 0.25) is 0 Å². The minimum absolute atomic E-state index is 0.0220. The molecule has 6 nitrogen and oxygen atoms in total. The third kappa shape index (κ3) is 3.95. The van der Waals surface area contributed by atoms with E-state index in [1.807, 2.05) is 0 Å². The molecular formula is C11H7F3NO5S-. The lowest BCUT2D eigenvalue weighted by atomic mass is 10.1. The molecule has 0 unspecified atom stereocenters. The van der Waals surface area contributed by atoms with E-state index >= 15 is 0 Å². The van der Waals surface area contributed by atoms with Crippen molar-refractivity contribution in [2.45, 2.75) is 12.1 Å². The summed E-state index contributed by atoms with van der Waals surface area (Å²) < 4.78 is 71.9. The van der Waals surface area contributed by atoms with Crippen LogP contribution in [0.1, 0.15) is 5.56 Å². The molecule has 0 aliphatic heterocycles. The summed E-state index contributed by atoms with van der Waals surface area (Å²) in [5.41, 5.74) is -1.02. The Hall–Kier alpha value is -2.07. The van der Waals surface area contributed by atoms with Crippen molar-refractivity contribution in [1.29, 1.82) is 0 Å². The second-order valence-electron chi connectivity index (χ2n) is 4.10. The van der Waals surface area contributed by atoms with Crippen LogP contribution in [0.15, 0.2) is 29.2 Å². The smallest absolute Gasteiger partial charge is 0.573 e. The van der Waals surface area contributed by atoms with Crippen molar-refractivity contribution in [3.05, 3.63) is 40.2 Å². The molecule has 0 saturated heterocycles. The highest BCUT2D eigenvalue weighted by atomic mass is 32.2. The van der Waals surface area contributed by atoms with Crippen LogP contribution >= 0.6 is 0 Å². The molecule has 0 aliphatic rings. The predicted octanol–water partition coefficient (Wildman–Crippen LogP) is 1.47. The summed E-state index contributed by atoms with van der Waals surface area (Å²) in [6.07, 6.45) is -3.90. The van der Waals surface area contributed by atoms with Crippen LogP contribution in [0.5, 0.6) is 5.75 Å². The maximum atomic E-state index is 12.1. The van der Waals surface area contributed by atoms with Gasteiger partial charge in [0.15, 0.2) is 5.43 Å². The van der Waals surface area contributed by atoms with Gasteiger partial charge >= 0.3 is 6.36 Å². The van der Waals surface area contributed by atoms with Crippen LogP contribution in [0.4, 0.5) is 13.2 Å². The number of ether oxygens (including phenoxy) is 1. The number of hydrogen-bond donors (Lipinski definition) is 1.